The summed E-state index contributed by atoms with van der Waals surface area (Å²) >= 11 is 0. The molecule has 1 saturated carbocycles. The highest BCUT2D eigenvalue weighted by Gasteiger charge is 2.68. The number of hydrogen-bond donors (Lipinski definition) is 1. The first kappa shape index (κ1) is 16.9. The Morgan fingerprint density at radius 2 is 1.74 bits per heavy atom. The minimum Gasteiger partial charge on any atom is -0.493 e. The van der Waals surface area contributed by atoms with E-state index in [1.165, 1.54) is 21.3 Å². The van der Waals surface area contributed by atoms with Crippen LogP contribution >= 0.6 is 0 Å². The smallest absolute Gasteiger partial charge is 0.324 e. The average molecular weight is 324 g/mol. The predicted molar refractivity (Wildman–Crippen MR) is 80.2 cm³/mol. The number of carbonyl (C=O) groups is 2. The van der Waals surface area contributed by atoms with Crippen molar-refractivity contribution < 1.29 is 33.6 Å². The normalized spacial score (nSPS) is 22.2. The highest BCUT2D eigenvalue weighted by atomic mass is 16.5. The number of benzene rings is 1. The lowest BCUT2D eigenvalue weighted by Crippen LogP contribution is -2.29. The SMILES string of the molecule is CCOC(=O)[C@]1(C(=O)O)C[C@H]1c1cc(OC)c(OC)c(OC)c1. The maximum absolute atomic E-state index is 12.1. The quantitative estimate of drug-likeness (QED) is 0.604. The van der Waals surface area contributed by atoms with Crippen LogP contribution in [0.3, 0.4) is 0 Å². The third kappa shape index (κ3) is 2.67. The van der Waals surface area contributed by atoms with Crippen LogP contribution in [0.1, 0.15) is 24.8 Å². The number of carboxylic acid groups (broad SMARTS) is 1. The first-order chi connectivity index (χ1) is 11.0. The van der Waals surface area contributed by atoms with Crippen molar-refractivity contribution >= 4 is 11.9 Å². The number of ether oxygens (including phenoxy) is 4. The van der Waals surface area contributed by atoms with E-state index in [0.29, 0.717) is 22.8 Å². The lowest BCUT2D eigenvalue weighted by atomic mass is 9.98. The first-order valence-electron chi connectivity index (χ1n) is 7.16. The third-order valence-corrected chi connectivity index (χ3v) is 4.07. The summed E-state index contributed by atoms with van der Waals surface area (Å²) in [5, 5.41) is 9.50. The van der Waals surface area contributed by atoms with E-state index >= 15 is 0 Å². The number of esters is 1. The molecular formula is C16H20O7. The molecule has 0 aliphatic heterocycles. The fraction of sp³-hybridized carbons (Fsp3) is 0.500. The highest BCUT2D eigenvalue weighted by Crippen LogP contribution is 2.61. The van der Waals surface area contributed by atoms with Gasteiger partial charge >= 0.3 is 11.9 Å². The molecule has 0 bridgehead atoms. The van der Waals surface area contributed by atoms with Crippen molar-refractivity contribution in [3.05, 3.63) is 17.7 Å². The standard InChI is InChI=1S/C16H20O7/c1-5-23-15(19)16(14(17)18)8-10(16)9-6-11(20-2)13(22-4)12(7-9)21-3/h6-7,10H,5,8H2,1-4H3,(H,17,18)/t10-,16+/m0/s1. The Morgan fingerprint density at radius 3 is 2.13 bits per heavy atom. The number of hydrogen-bond acceptors (Lipinski definition) is 6. The van der Waals surface area contributed by atoms with E-state index < -0.39 is 23.3 Å². The monoisotopic (exact) mass is 324 g/mol. The molecule has 1 fully saturated rings. The van der Waals surface area contributed by atoms with Crippen LogP contribution in [0, 0.1) is 5.41 Å². The van der Waals surface area contributed by atoms with Crippen LogP contribution in [-0.4, -0.2) is 45.0 Å². The zero-order valence-corrected chi connectivity index (χ0v) is 13.5. The van der Waals surface area contributed by atoms with Gasteiger partial charge in [-0.2, -0.15) is 0 Å². The van der Waals surface area contributed by atoms with Crippen LogP contribution in [0.5, 0.6) is 17.2 Å². The molecule has 0 saturated heterocycles. The van der Waals surface area contributed by atoms with Crippen LogP contribution < -0.4 is 14.2 Å². The molecular weight excluding hydrogens is 304 g/mol. The largest absolute Gasteiger partial charge is 0.493 e. The lowest BCUT2D eigenvalue weighted by molar-refractivity contribution is -0.161. The van der Waals surface area contributed by atoms with Gasteiger partial charge in [0.25, 0.3) is 0 Å². The molecule has 126 valence electrons. The Morgan fingerprint density at radius 1 is 1.17 bits per heavy atom. The Labute approximate surface area is 134 Å². The molecule has 7 nitrogen and oxygen atoms in total. The van der Waals surface area contributed by atoms with Gasteiger partial charge in [0.2, 0.25) is 5.75 Å². The average Bonchev–Trinajstić information content (AvgIpc) is 3.30. The van der Waals surface area contributed by atoms with Gasteiger partial charge in [0.1, 0.15) is 0 Å². The van der Waals surface area contributed by atoms with Crippen LogP contribution in [0.2, 0.25) is 0 Å². The van der Waals surface area contributed by atoms with E-state index in [0.717, 1.165) is 0 Å². The highest BCUT2D eigenvalue weighted by molar-refractivity contribution is 6.04. The van der Waals surface area contributed by atoms with Crippen LogP contribution in [0.4, 0.5) is 0 Å². The van der Waals surface area contributed by atoms with Crippen LogP contribution in [0.25, 0.3) is 0 Å². The van der Waals surface area contributed by atoms with E-state index in [9.17, 15) is 14.7 Å². The number of methoxy groups -OCH3 is 3. The Hall–Kier alpha value is -2.44. The number of aliphatic carboxylic acids is 1. The van der Waals surface area contributed by atoms with Crippen molar-refractivity contribution in [3.63, 3.8) is 0 Å². The number of carboxylic acids is 1. The fourth-order valence-corrected chi connectivity index (χ4v) is 2.78. The molecule has 0 heterocycles. The van der Waals surface area contributed by atoms with Gasteiger partial charge in [-0.3, -0.25) is 9.59 Å². The van der Waals surface area contributed by atoms with E-state index in [1.54, 1.807) is 19.1 Å². The molecule has 23 heavy (non-hydrogen) atoms. The first-order valence-corrected chi connectivity index (χ1v) is 7.16. The van der Waals surface area contributed by atoms with Crippen molar-refractivity contribution in [2.75, 3.05) is 27.9 Å². The lowest BCUT2D eigenvalue weighted by Gasteiger charge is -2.15. The molecule has 1 aromatic carbocycles. The van der Waals surface area contributed by atoms with Crippen molar-refractivity contribution in [3.8, 4) is 17.2 Å². The molecule has 0 amide bonds. The summed E-state index contributed by atoms with van der Waals surface area (Å²) < 4.78 is 20.7. The van der Waals surface area contributed by atoms with E-state index in [2.05, 4.69) is 0 Å². The summed E-state index contributed by atoms with van der Waals surface area (Å²) in [6, 6.07) is 3.33. The maximum atomic E-state index is 12.1. The molecule has 0 radical (unpaired) electrons. The van der Waals surface area contributed by atoms with Gasteiger partial charge in [0, 0.05) is 5.92 Å². The van der Waals surface area contributed by atoms with Crippen LogP contribution in [0.15, 0.2) is 12.1 Å². The molecule has 0 unspecified atom stereocenters. The molecule has 7 heteroatoms. The number of carbonyl (C=O) groups excluding carboxylic acids is 1. The molecule has 2 rings (SSSR count). The van der Waals surface area contributed by atoms with Crippen molar-refractivity contribution in [2.45, 2.75) is 19.3 Å². The van der Waals surface area contributed by atoms with Crippen molar-refractivity contribution in [1.29, 1.82) is 0 Å². The summed E-state index contributed by atoms with van der Waals surface area (Å²) in [4.78, 5) is 23.7. The van der Waals surface area contributed by atoms with Gasteiger partial charge in [-0.15, -0.1) is 0 Å². The summed E-state index contributed by atoms with van der Waals surface area (Å²) in [5.41, 5.74) is -0.907. The second-order valence-electron chi connectivity index (χ2n) is 5.21. The second kappa shape index (κ2) is 6.36. The van der Waals surface area contributed by atoms with E-state index in [1.807, 2.05) is 0 Å². The van der Waals surface area contributed by atoms with Gasteiger partial charge in [0.15, 0.2) is 16.9 Å². The Bertz CT molecular complexity index is 600. The molecule has 1 aliphatic rings. The van der Waals surface area contributed by atoms with Crippen LogP contribution in [-0.2, 0) is 14.3 Å². The van der Waals surface area contributed by atoms with Gasteiger partial charge in [0.05, 0.1) is 27.9 Å². The summed E-state index contributed by atoms with van der Waals surface area (Å²) in [6.45, 7) is 1.78. The number of rotatable bonds is 7. The zero-order valence-electron chi connectivity index (χ0n) is 13.5. The Balaban J connectivity index is 2.43. The van der Waals surface area contributed by atoms with Crippen molar-refractivity contribution in [2.24, 2.45) is 5.41 Å². The van der Waals surface area contributed by atoms with Gasteiger partial charge in [-0.1, -0.05) is 0 Å². The predicted octanol–water partition coefficient (Wildman–Crippen LogP) is 1.83. The van der Waals surface area contributed by atoms with Crippen molar-refractivity contribution in [1.82, 2.24) is 0 Å². The van der Waals surface area contributed by atoms with Gasteiger partial charge < -0.3 is 24.1 Å². The Kier molecular flexibility index (Phi) is 4.68. The molecule has 0 spiro atoms. The summed E-state index contributed by atoms with van der Waals surface area (Å²) in [7, 11) is 4.44. The zero-order chi connectivity index (χ0) is 17.2. The summed E-state index contributed by atoms with van der Waals surface area (Å²) in [5.74, 6) is -1.15. The third-order valence-electron chi connectivity index (χ3n) is 4.07. The van der Waals surface area contributed by atoms with Gasteiger partial charge in [-0.25, -0.2) is 0 Å². The maximum Gasteiger partial charge on any atom is 0.324 e. The molecule has 0 aromatic heterocycles. The molecule has 1 aromatic rings. The fourth-order valence-electron chi connectivity index (χ4n) is 2.78. The molecule has 2 atom stereocenters. The topological polar surface area (TPSA) is 91.3 Å². The molecule has 1 N–H and O–H groups in total. The van der Waals surface area contributed by atoms with E-state index in [4.69, 9.17) is 18.9 Å². The van der Waals surface area contributed by atoms with Gasteiger partial charge in [-0.05, 0) is 31.0 Å². The molecule has 1 aliphatic carbocycles. The minimum atomic E-state index is -1.54. The minimum absolute atomic E-state index is 0.135. The van der Waals surface area contributed by atoms with E-state index in [-0.39, 0.29) is 13.0 Å². The second-order valence-corrected chi connectivity index (χ2v) is 5.21. The summed E-state index contributed by atoms with van der Waals surface area (Å²) in [6.07, 6.45) is 0.180.